The zero-order valence-electron chi connectivity index (χ0n) is 15.6. The fourth-order valence-corrected chi connectivity index (χ4v) is 2.90. The number of nitrogens with two attached hydrogens (primary N) is 2. The fraction of sp³-hybridized carbons (Fsp3) is 0.278. The predicted molar refractivity (Wildman–Crippen MR) is 123 cm³/mol. The summed E-state index contributed by atoms with van der Waals surface area (Å²) in [6, 6.07) is 12.0. The highest BCUT2D eigenvalue weighted by atomic mass is 35.5. The second-order valence-corrected chi connectivity index (χ2v) is 5.94. The first-order valence-electron chi connectivity index (χ1n) is 8.37. The van der Waals surface area contributed by atoms with Crippen LogP contribution in [0.4, 0.5) is 16.2 Å². The Labute approximate surface area is 188 Å². The third-order valence-electron chi connectivity index (χ3n) is 4.17. The van der Waals surface area contributed by atoms with Gasteiger partial charge in [0.2, 0.25) is 0 Å². The molecule has 2 heterocycles. The van der Waals surface area contributed by atoms with Crippen LogP contribution in [0.3, 0.4) is 0 Å². The summed E-state index contributed by atoms with van der Waals surface area (Å²) in [5.41, 5.74) is 13.5. The van der Waals surface area contributed by atoms with E-state index in [1.165, 1.54) is 5.69 Å². The number of aromatic nitrogens is 1. The third kappa shape index (κ3) is 7.84. The number of carbonyl (C=O) groups is 1. The van der Waals surface area contributed by atoms with Crippen molar-refractivity contribution in [3.05, 3.63) is 54.4 Å². The van der Waals surface area contributed by atoms with Gasteiger partial charge in [-0.3, -0.25) is 4.98 Å². The SMILES string of the molecule is Cl.Cl.Cl.NC(N)=NC(=O)OCc1cccc(N2CCN(c3ccncc3)CC2)c1. The Balaban J connectivity index is 0.00000261. The van der Waals surface area contributed by atoms with Crippen LogP contribution in [-0.4, -0.2) is 43.2 Å². The molecule has 2 aromatic rings. The molecule has 0 atom stereocenters. The summed E-state index contributed by atoms with van der Waals surface area (Å²) in [6.07, 6.45) is 2.84. The van der Waals surface area contributed by atoms with Crippen LogP contribution in [0.2, 0.25) is 0 Å². The molecule has 1 aliphatic heterocycles. The van der Waals surface area contributed by atoms with Crippen molar-refractivity contribution in [2.45, 2.75) is 6.61 Å². The second-order valence-electron chi connectivity index (χ2n) is 5.94. The summed E-state index contributed by atoms with van der Waals surface area (Å²) >= 11 is 0. The molecule has 1 aromatic heterocycles. The number of ether oxygens (including phenoxy) is 1. The Hall–Kier alpha value is -2.42. The van der Waals surface area contributed by atoms with Crippen LogP contribution in [0.15, 0.2) is 53.8 Å². The van der Waals surface area contributed by atoms with E-state index in [9.17, 15) is 4.79 Å². The molecule has 0 spiro atoms. The quantitative estimate of drug-likeness (QED) is 0.529. The number of amides is 1. The summed E-state index contributed by atoms with van der Waals surface area (Å²) < 4.78 is 5.04. The normalized spacial score (nSPS) is 12.6. The number of piperazine rings is 1. The van der Waals surface area contributed by atoms with E-state index in [1.54, 1.807) is 0 Å². The number of nitrogens with zero attached hydrogens (tertiary/aromatic N) is 4. The minimum absolute atomic E-state index is 0. The van der Waals surface area contributed by atoms with Crippen molar-refractivity contribution in [3.8, 4) is 0 Å². The maximum Gasteiger partial charge on any atom is 0.437 e. The molecule has 1 fully saturated rings. The molecule has 3 rings (SSSR count). The van der Waals surface area contributed by atoms with E-state index in [-0.39, 0.29) is 49.8 Å². The van der Waals surface area contributed by atoms with Gasteiger partial charge in [-0.05, 0) is 29.8 Å². The Kier molecular flexibility index (Phi) is 11.8. The summed E-state index contributed by atoms with van der Waals surface area (Å²) in [4.78, 5) is 23.5. The van der Waals surface area contributed by atoms with E-state index in [0.29, 0.717) is 0 Å². The largest absolute Gasteiger partial charge is 0.443 e. The zero-order chi connectivity index (χ0) is 18.4. The highest BCUT2D eigenvalue weighted by Gasteiger charge is 2.17. The van der Waals surface area contributed by atoms with Crippen LogP contribution in [0.1, 0.15) is 5.56 Å². The zero-order valence-corrected chi connectivity index (χ0v) is 18.1. The van der Waals surface area contributed by atoms with Crippen molar-refractivity contribution in [2.24, 2.45) is 16.5 Å². The van der Waals surface area contributed by atoms with E-state index in [1.807, 2.05) is 42.7 Å². The molecule has 0 bridgehead atoms. The van der Waals surface area contributed by atoms with E-state index in [0.717, 1.165) is 37.4 Å². The number of guanidine groups is 1. The van der Waals surface area contributed by atoms with Crippen molar-refractivity contribution in [1.29, 1.82) is 0 Å². The Morgan fingerprint density at radius 3 is 2.14 bits per heavy atom. The lowest BCUT2D eigenvalue weighted by atomic mass is 10.1. The number of pyridine rings is 1. The van der Waals surface area contributed by atoms with Gasteiger partial charge >= 0.3 is 6.09 Å². The van der Waals surface area contributed by atoms with Gasteiger partial charge in [-0.2, -0.15) is 0 Å². The third-order valence-corrected chi connectivity index (χ3v) is 4.17. The number of carbonyl (C=O) groups excluding carboxylic acids is 1. The van der Waals surface area contributed by atoms with Crippen LogP contribution >= 0.6 is 37.2 Å². The smallest absolute Gasteiger partial charge is 0.437 e. The van der Waals surface area contributed by atoms with Gasteiger partial charge in [0.25, 0.3) is 0 Å². The summed E-state index contributed by atoms with van der Waals surface area (Å²) in [6.45, 7) is 3.83. The van der Waals surface area contributed by atoms with Crippen molar-refractivity contribution in [1.82, 2.24) is 4.98 Å². The summed E-state index contributed by atoms with van der Waals surface area (Å²) in [7, 11) is 0. The van der Waals surface area contributed by atoms with Gasteiger partial charge in [0.15, 0.2) is 5.96 Å². The lowest BCUT2D eigenvalue weighted by Gasteiger charge is -2.37. The minimum Gasteiger partial charge on any atom is -0.443 e. The Morgan fingerprint density at radius 2 is 1.55 bits per heavy atom. The molecule has 1 aromatic carbocycles. The average Bonchev–Trinajstić information content (AvgIpc) is 2.67. The molecule has 29 heavy (non-hydrogen) atoms. The molecule has 1 aliphatic rings. The van der Waals surface area contributed by atoms with Gasteiger partial charge < -0.3 is 26.0 Å². The first-order chi connectivity index (χ1) is 12.6. The summed E-state index contributed by atoms with van der Waals surface area (Å²) in [5.74, 6) is -0.309. The van der Waals surface area contributed by atoms with Crippen molar-refractivity contribution >= 4 is 60.6 Å². The molecule has 0 radical (unpaired) electrons. The Morgan fingerprint density at radius 1 is 0.966 bits per heavy atom. The van der Waals surface area contributed by atoms with Crippen LogP contribution in [0.25, 0.3) is 0 Å². The molecule has 11 heteroatoms. The van der Waals surface area contributed by atoms with Gasteiger partial charge in [-0.15, -0.1) is 42.2 Å². The van der Waals surface area contributed by atoms with Crippen LogP contribution < -0.4 is 21.3 Å². The van der Waals surface area contributed by atoms with Crippen LogP contribution in [0.5, 0.6) is 0 Å². The van der Waals surface area contributed by atoms with Gasteiger partial charge in [-0.25, -0.2) is 4.79 Å². The van der Waals surface area contributed by atoms with E-state index < -0.39 is 6.09 Å². The molecule has 0 aliphatic carbocycles. The fourth-order valence-electron chi connectivity index (χ4n) is 2.90. The predicted octanol–water partition coefficient (Wildman–Crippen LogP) is 2.58. The molecule has 0 saturated carbocycles. The standard InChI is InChI=1S/C18H22N6O2.3ClH/c19-17(20)22-18(25)26-13-14-2-1-3-16(12-14)24-10-8-23(9-11-24)15-4-6-21-7-5-15;;;/h1-7,12H,8-11,13H2,(H4,19,20,22,25);3*1H. The molecule has 8 nitrogen and oxygen atoms in total. The first kappa shape index (κ1) is 26.6. The van der Waals surface area contributed by atoms with Crippen molar-refractivity contribution in [2.75, 3.05) is 36.0 Å². The van der Waals surface area contributed by atoms with Gasteiger partial charge in [0.1, 0.15) is 6.61 Å². The number of hydrogen-bond donors (Lipinski definition) is 2. The molecule has 160 valence electrons. The van der Waals surface area contributed by atoms with Crippen molar-refractivity contribution < 1.29 is 9.53 Å². The monoisotopic (exact) mass is 462 g/mol. The number of aliphatic imine (C=N–C) groups is 1. The molecule has 1 amide bonds. The number of hydrogen-bond acceptors (Lipinski definition) is 5. The molecule has 4 N–H and O–H groups in total. The average molecular weight is 464 g/mol. The number of rotatable bonds is 4. The topological polar surface area (TPSA) is 110 Å². The van der Waals surface area contributed by atoms with Gasteiger partial charge in [0, 0.05) is 49.9 Å². The molecular weight excluding hydrogens is 439 g/mol. The molecule has 1 saturated heterocycles. The van der Waals surface area contributed by atoms with Gasteiger partial charge in [0.05, 0.1) is 0 Å². The number of halogens is 3. The van der Waals surface area contributed by atoms with Gasteiger partial charge in [-0.1, -0.05) is 12.1 Å². The first-order valence-corrected chi connectivity index (χ1v) is 8.37. The van der Waals surface area contributed by atoms with Crippen LogP contribution in [0, 0.1) is 0 Å². The maximum atomic E-state index is 11.4. The Bertz CT molecular complexity index is 782. The lowest BCUT2D eigenvalue weighted by Crippen LogP contribution is -2.46. The molecule has 0 unspecified atom stereocenters. The minimum atomic E-state index is -0.790. The van der Waals surface area contributed by atoms with E-state index in [4.69, 9.17) is 16.2 Å². The second kappa shape index (κ2) is 12.9. The molecular formula is C18H25Cl3N6O2. The van der Waals surface area contributed by atoms with Crippen molar-refractivity contribution in [3.63, 3.8) is 0 Å². The lowest BCUT2D eigenvalue weighted by molar-refractivity contribution is 0.151. The number of anilines is 2. The number of benzene rings is 1. The highest BCUT2D eigenvalue weighted by Crippen LogP contribution is 2.21. The highest BCUT2D eigenvalue weighted by molar-refractivity contribution is 5.87. The van der Waals surface area contributed by atoms with E-state index >= 15 is 0 Å². The van der Waals surface area contributed by atoms with E-state index in [2.05, 4.69) is 25.8 Å². The van der Waals surface area contributed by atoms with Crippen LogP contribution in [-0.2, 0) is 11.3 Å². The summed E-state index contributed by atoms with van der Waals surface area (Å²) in [5, 5.41) is 0. The maximum absolute atomic E-state index is 11.4.